The van der Waals surface area contributed by atoms with Crippen LogP contribution in [0.5, 0.6) is 0 Å². The summed E-state index contributed by atoms with van der Waals surface area (Å²) in [6.07, 6.45) is 10.4. The molecule has 0 fully saturated rings. The summed E-state index contributed by atoms with van der Waals surface area (Å²) in [5, 5.41) is 3.51. The monoisotopic (exact) mass is 347 g/mol. The molecule has 0 radical (unpaired) electrons. The number of hydrogen-bond acceptors (Lipinski definition) is 3. The second-order valence-electron chi connectivity index (χ2n) is 4.92. The van der Waals surface area contributed by atoms with E-state index in [0.29, 0.717) is 13.2 Å². The van der Waals surface area contributed by atoms with Crippen LogP contribution in [-0.4, -0.2) is 23.9 Å². The third kappa shape index (κ3) is 13.7. The van der Waals surface area contributed by atoms with Gasteiger partial charge in [-0.2, -0.15) is 0 Å². The lowest BCUT2D eigenvalue weighted by atomic mass is 10.1. The maximum atomic E-state index is 11.1. The quantitative estimate of drug-likeness (QED) is 0.115. The largest absolute Gasteiger partial charge is 0.465 e. The molecule has 1 unspecified atom stereocenters. The summed E-state index contributed by atoms with van der Waals surface area (Å²) >= 11 is 3.18. The van der Waals surface area contributed by atoms with Gasteiger partial charge in [0.05, 0.1) is 6.61 Å². The van der Waals surface area contributed by atoms with Crippen LogP contribution < -0.4 is 0 Å². The number of hydrogen-bond donors (Lipinski definition) is 0. The molecule has 0 aliphatic rings. The normalized spacial score (nSPS) is 11.7. The fourth-order valence-electron chi connectivity index (χ4n) is 1.85. The highest BCUT2D eigenvalue weighted by Crippen LogP contribution is 2.10. The van der Waals surface area contributed by atoms with Gasteiger partial charge in [0.15, 0.2) is 0 Å². The van der Waals surface area contributed by atoms with E-state index in [-0.39, 0.29) is 10.8 Å². The second kappa shape index (κ2) is 14.7. The van der Waals surface area contributed by atoms with Crippen LogP contribution in [0.3, 0.4) is 0 Å². The van der Waals surface area contributed by atoms with Crippen molar-refractivity contribution in [3.8, 4) is 0 Å². The molecule has 20 heavy (non-hydrogen) atoms. The predicted octanol–water partition coefficient (Wildman–Crippen LogP) is 5.13. The van der Waals surface area contributed by atoms with E-state index in [0.717, 1.165) is 25.7 Å². The number of rotatable bonds is 13. The Morgan fingerprint density at radius 1 is 1.10 bits per heavy atom. The molecule has 0 N–H and O–H groups in total. The van der Waals surface area contributed by atoms with Gasteiger partial charge in [0.25, 0.3) is 0 Å². The lowest BCUT2D eigenvalue weighted by molar-refractivity contribution is -0.142. The summed E-state index contributed by atoms with van der Waals surface area (Å²) < 4.78 is 5.08. The average molecular weight is 348 g/mol. The molecule has 5 nitrogen and oxygen atoms in total. The maximum absolute atomic E-state index is 11.1. The Hall–Kier alpha value is -0.740. The van der Waals surface area contributed by atoms with E-state index < -0.39 is 0 Å². The number of alkyl halides is 1. The Bertz CT molecular complexity index is 292. The van der Waals surface area contributed by atoms with Crippen molar-refractivity contribution >= 4 is 21.9 Å². The zero-order valence-electron chi connectivity index (χ0n) is 12.4. The SMILES string of the molecule is CC(Br)C(=O)OCCCCCCCCCCCN=[N+]=[N-]. The minimum atomic E-state index is -0.207. The van der Waals surface area contributed by atoms with E-state index in [1.165, 1.54) is 32.1 Å². The fourth-order valence-corrected chi connectivity index (χ4v) is 1.99. The zero-order valence-corrected chi connectivity index (χ0v) is 14.0. The highest BCUT2D eigenvalue weighted by atomic mass is 79.9. The molecular weight excluding hydrogens is 322 g/mol. The summed E-state index contributed by atoms with van der Waals surface area (Å²) in [4.78, 5) is 13.7. The molecule has 116 valence electrons. The van der Waals surface area contributed by atoms with E-state index >= 15 is 0 Å². The molecule has 0 saturated carbocycles. The Morgan fingerprint density at radius 3 is 2.10 bits per heavy atom. The molecule has 0 amide bonds. The van der Waals surface area contributed by atoms with Gasteiger partial charge < -0.3 is 4.74 Å². The molecule has 0 aliphatic carbocycles. The van der Waals surface area contributed by atoms with Crippen molar-refractivity contribution in [1.29, 1.82) is 0 Å². The topological polar surface area (TPSA) is 75.1 Å². The number of nitrogens with zero attached hydrogens (tertiary/aromatic N) is 3. The van der Waals surface area contributed by atoms with Crippen LogP contribution in [0.4, 0.5) is 0 Å². The van der Waals surface area contributed by atoms with Crippen LogP contribution in [0.25, 0.3) is 10.4 Å². The van der Waals surface area contributed by atoms with Gasteiger partial charge in [-0.3, -0.25) is 4.79 Å². The number of azide groups is 1. The molecule has 0 aromatic rings. The molecule has 0 aromatic carbocycles. The van der Waals surface area contributed by atoms with Crippen LogP contribution in [0.1, 0.15) is 64.7 Å². The second-order valence-corrected chi connectivity index (χ2v) is 6.29. The summed E-state index contributed by atoms with van der Waals surface area (Å²) in [7, 11) is 0. The van der Waals surface area contributed by atoms with Crippen molar-refractivity contribution in [2.75, 3.05) is 13.2 Å². The van der Waals surface area contributed by atoms with Gasteiger partial charge in [0, 0.05) is 11.5 Å². The first-order chi connectivity index (χ1) is 9.68. The highest BCUT2D eigenvalue weighted by Gasteiger charge is 2.08. The first kappa shape index (κ1) is 19.3. The Balaban J connectivity index is 3.10. The Labute approximate surface area is 130 Å². The van der Waals surface area contributed by atoms with Crippen LogP contribution >= 0.6 is 15.9 Å². The van der Waals surface area contributed by atoms with Crippen LogP contribution in [0.2, 0.25) is 0 Å². The number of carbonyl (C=O) groups is 1. The van der Waals surface area contributed by atoms with Crippen LogP contribution in [-0.2, 0) is 9.53 Å². The molecule has 0 saturated heterocycles. The van der Waals surface area contributed by atoms with E-state index in [1.54, 1.807) is 6.92 Å². The van der Waals surface area contributed by atoms with E-state index in [1.807, 2.05) is 0 Å². The first-order valence-electron chi connectivity index (χ1n) is 7.50. The van der Waals surface area contributed by atoms with Gasteiger partial charge in [-0.1, -0.05) is 66.0 Å². The minimum absolute atomic E-state index is 0.175. The summed E-state index contributed by atoms with van der Waals surface area (Å²) in [5.41, 5.74) is 8.11. The summed E-state index contributed by atoms with van der Waals surface area (Å²) in [6, 6.07) is 0. The predicted molar refractivity (Wildman–Crippen MR) is 84.9 cm³/mol. The maximum Gasteiger partial charge on any atom is 0.319 e. The molecule has 0 spiro atoms. The number of ether oxygens (including phenoxy) is 1. The summed E-state index contributed by atoms with van der Waals surface area (Å²) in [5.74, 6) is -0.175. The Morgan fingerprint density at radius 2 is 1.60 bits per heavy atom. The number of unbranched alkanes of at least 4 members (excludes halogenated alkanes) is 8. The molecule has 1 atom stereocenters. The van der Waals surface area contributed by atoms with E-state index in [4.69, 9.17) is 10.3 Å². The van der Waals surface area contributed by atoms with Gasteiger partial charge in [-0.05, 0) is 25.3 Å². The third-order valence-corrected chi connectivity index (χ3v) is 3.41. The molecule has 0 aliphatic heterocycles. The van der Waals surface area contributed by atoms with Gasteiger partial charge in [-0.15, -0.1) is 0 Å². The van der Waals surface area contributed by atoms with Crippen molar-refractivity contribution in [2.24, 2.45) is 5.11 Å². The van der Waals surface area contributed by atoms with Gasteiger partial charge in [-0.25, -0.2) is 0 Å². The van der Waals surface area contributed by atoms with E-state index in [2.05, 4.69) is 26.0 Å². The zero-order chi connectivity index (χ0) is 15.1. The first-order valence-corrected chi connectivity index (χ1v) is 8.41. The Kier molecular flexibility index (Phi) is 14.1. The van der Waals surface area contributed by atoms with Gasteiger partial charge >= 0.3 is 5.97 Å². The molecule has 0 heterocycles. The molecule has 0 rings (SSSR count). The highest BCUT2D eigenvalue weighted by molar-refractivity contribution is 9.10. The standard InChI is InChI=1S/C14H26BrN3O2/c1-13(15)14(19)20-12-10-8-6-4-2-3-5-7-9-11-17-18-16/h13H,2-12H2,1H3. The smallest absolute Gasteiger partial charge is 0.319 e. The fraction of sp³-hybridized carbons (Fsp3) is 0.929. The molecule has 6 heteroatoms. The molecule has 0 bridgehead atoms. The number of carbonyl (C=O) groups excluding carboxylic acids is 1. The number of halogens is 1. The van der Waals surface area contributed by atoms with Crippen molar-refractivity contribution in [2.45, 2.75) is 69.5 Å². The number of esters is 1. The average Bonchev–Trinajstić information content (AvgIpc) is 2.43. The molecular formula is C14H26BrN3O2. The van der Waals surface area contributed by atoms with Gasteiger partial charge in [0.1, 0.15) is 4.83 Å². The van der Waals surface area contributed by atoms with Crippen molar-refractivity contribution in [1.82, 2.24) is 0 Å². The lowest BCUT2D eigenvalue weighted by Crippen LogP contribution is -2.14. The van der Waals surface area contributed by atoms with Crippen molar-refractivity contribution < 1.29 is 9.53 Å². The lowest BCUT2D eigenvalue weighted by Gasteiger charge is -2.06. The summed E-state index contributed by atoms with van der Waals surface area (Å²) in [6.45, 7) is 2.94. The molecule has 0 aromatic heterocycles. The van der Waals surface area contributed by atoms with E-state index in [9.17, 15) is 4.79 Å². The van der Waals surface area contributed by atoms with Crippen LogP contribution in [0, 0.1) is 0 Å². The van der Waals surface area contributed by atoms with Crippen molar-refractivity contribution in [3.63, 3.8) is 0 Å². The minimum Gasteiger partial charge on any atom is -0.465 e. The van der Waals surface area contributed by atoms with Crippen molar-refractivity contribution in [3.05, 3.63) is 10.4 Å². The third-order valence-electron chi connectivity index (χ3n) is 3.03. The van der Waals surface area contributed by atoms with Gasteiger partial charge in [0.2, 0.25) is 0 Å². The van der Waals surface area contributed by atoms with Crippen LogP contribution in [0.15, 0.2) is 5.11 Å².